The molecule has 0 amide bonds. The molecule has 21 heavy (non-hydrogen) atoms. The lowest BCUT2D eigenvalue weighted by atomic mass is 10.2. The van der Waals surface area contributed by atoms with Gasteiger partial charge in [0.25, 0.3) is 10.0 Å². The van der Waals surface area contributed by atoms with Crippen molar-refractivity contribution in [1.82, 2.24) is 4.31 Å². The van der Waals surface area contributed by atoms with E-state index < -0.39 is 10.0 Å². The summed E-state index contributed by atoms with van der Waals surface area (Å²) in [6.07, 6.45) is 0.459. The van der Waals surface area contributed by atoms with Gasteiger partial charge < -0.3 is 9.15 Å². The van der Waals surface area contributed by atoms with E-state index in [0.717, 1.165) is 9.87 Å². The monoisotopic (exact) mass is 309 g/mol. The average Bonchev–Trinajstić information content (AvgIpc) is 2.97. The molecule has 1 aromatic carbocycles. The number of rotatable bonds is 6. The fraction of sp³-hybridized carbons (Fsp3) is 0.214. The highest BCUT2D eigenvalue weighted by molar-refractivity contribution is 7.88. The van der Waals surface area contributed by atoms with Crippen LogP contribution in [0.4, 0.5) is 0 Å². The van der Waals surface area contributed by atoms with Crippen LogP contribution < -0.4 is 4.74 Å². The van der Waals surface area contributed by atoms with Crippen LogP contribution in [-0.2, 0) is 16.6 Å². The Kier molecular flexibility index (Phi) is 4.44. The molecule has 0 radical (unpaired) electrons. The lowest BCUT2D eigenvalue weighted by molar-refractivity contribution is 0.109. The first-order valence-corrected chi connectivity index (χ1v) is 7.55. The molecule has 0 aliphatic carbocycles. The van der Waals surface area contributed by atoms with Crippen LogP contribution in [0.25, 0.3) is 0 Å². The summed E-state index contributed by atoms with van der Waals surface area (Å²) in [7, 11) is -0.792. The largest absolute Gasteiger partial charge is 0.497 e. The average molecular weight is 309 g/mol. The first-order valence-electron chi connectivity index (χ1n) is 6.11. The second-order valence-electron chi connectivity index (χ2n) is 4.39. The summed E-state index contributed by atoms with van der Waals surface area (Å²) in [5.41, 5.74) is 0.780. The van der Waals surface area contributed by atoms with Crippen LogP contribution in [0.2, 0.25) is 0 Å². The number of aldehydes is 1. The molecule has 2 aromatic rings. The maximum Gasteiger partial charge on any atom is 0.276 e. The standard InChI is InChI=1S/C14H15NO5S/c1-15(9-11-4-3-5-12(8-11)19-2)21(17,18)14-7-6-13(10-16)20-14/h3-8,10H,9H2,1-2H3. The number of carbonyl (C=O) groups excluding carboxylic acids is 1. The van der Waals surface area contributed by atoms with Crippen molar-refractivity contribution < 1.29 is 22.4 Å². The SMILES string of the molecule is COc1cccc(CN(C)S(=O)(=O)c2ccc(C=O)o2)c1. The predicted molar refractivity (Wildman–Crippen MR) is 75.7 cm³/mol. The molecule has 0 saturated heterocycles. The first-order chi connectivity index (χ1) is 9.97. The number of methoxy groups -OCH3 is 1. The Labute approximate surface area is 123 Å². The summed E-state index contributed by atoms with van der Waals surface area (Å²) in [5, 5.41) is -0.255. The second-order valence-corrected chi connectivity index (χ2v) is 6.36. The van der Waals surface area contributed by atoms with Crippen molar-refractivity contribution in [3.63, 3.8) is 0 Å². The lowest BCUT2D eigenvalue weighted by Crippen LogP contribution is -2.26. The van der Waals surface area contributed by atoms with Gasteiger partial charge in [0.1, 0.15) is 5.75 Å². The number of furan rings is 1. The summed E-state index contributed by atoms with van der Waals surface area (Å²) in [5.74, 6) is 0.628. The third-order valence-electron chi connectivity index (χ3n) is 2.92. The summed E-state index contributed by atoms with van der Waals surface area (Å²) >= 11 is 0. The van der Waals surface area contributed by atoms with Crippen molar-refractivity contribution in [2.45, 2.75) is 11.6 Å². The second kappa shape index (κ2) is 6.11. The smallest absolute Gasteiger partial charge is 0.276 e. The van der Waals surface area contributed by atoms with Crippen molar-refractivity contribution in [3.05, 3.63) is 47.7 Å². The normalized spacial score (nSPS) is 11.6. The molecule has 0 atom stereocenters. The van der Waals surface area contributed by atoms with Crippen LogP contribution in [-0.4, -0.2) is 33.2 Å². The lowest BCUT2D eigenvalue weighted by Gasteiger charge is -2.15. The highest BCUT2D eigenvalue weighted by Crippen LogP contribution is 2.20. The number of sulfonamides is 1. The van der Waals surface area contributed by atoms with Crippen molar-refractivity contribution in [1.29, 1.82) is 0 Å². The molecule has 0 aliphatic rings. The summed E-state index contributed by atoms with van der Waals surface area (Å²) in [6, 6.07) is 9.70. The van der Waals surface area contributed by atoms with Gasteiger partial charge in [0.05, 0.1) is 7.11 Å². The molecule has 0 N–H and O–H groups in total. The predicted octanol–water partition coefficient (Wildman–Crippen LogP) is 1.92. The van der Waals surface area contributed by atoms with E-state index in [-0.39, 0.29) is 17.4 Å². The Morgan fingerprint density at radius 2 is 2.05 bits per heavy atom. The Hall–Kier alpha value is -2.12. The summed E-state index contributed by atoms with van der Waals surface area (Å²) in [4.78, 5) is 10.6. The number of nitrogens with zero attached hydrogens (tertiary/aromatic N) is 1. The number of carbonyl (C=O) groups is 1. The van der Waals surface area contributed by atoms with E-state index in [0.29, 0.717) is 12.0 Å². The molecule has 7 heteroatoms. The van der Waals surface area contributed by atoms with Gasteiger partial charge in [0.15, 0.2) is 12.0 Å². The minimum absolute atomic E-state index is 0.0247. The zero-order valence-corrected chi connectivity index (χ0v) is 12.5. The van der Waals surface area contributed by atoms with Crippen LogP contribution in [0.1, 0.15) is 16.1 Å². The van der Waals surface area contributed by atoms with Crippen molar-refractivity contribution in [3.8, 4) is 5.75 Å². The molecule has 1 aromatic heterocycles. The molecule has 0 unspecified atom stereocenters. The Balaban J connectivity index is 2.21. The van der Waals surface area contributed by atoms with E-state index in [9.17, 15) is 13.2 Å². The minimum Gasteiger partial charge on any atom is -0.497 e. The van der Waals surface area contributed by atoms with Crippen LogP contribution in [0.15, 0.2) is 45.9 Å². The molecule has 112 valence electrons. The third kappa shape index (κ3) is 3.32. The van der Waals surface area contributed by atoms with E-state index in [2.05, 4.69) is 0 Å². The van der Waals surface area contributed by atoms with Crippen molar-refractivity contribution >= 4 is 16.3 Å². The van der Waals surface area contributed by atoms with Crippen molar-refractivity contribution in [2.24, 2.45) is 0 Å². The molecule has 1 heterocycles. The molecule has 0 aliphatic heterocycles. The van der Waals surface area contributed by atoms with Crippen molar-refractivity contribution in [2.75, 3.05) is 14.2 Å². The highest BCUT2D eigenvalue weighted by atomic mass is 32.2. The fourth-order valence-corrected chi connectivity index (χ4v) is 2.87. The van der Waals surface area contributed by atoms with Crippen LogP contribution in [0.5, 0.6) is 5.75 Å². The maximum atomic E-state index is 12.3. The Morgan fingerprint density at radius 3 is 2.67 bits per heavy atom. The Morgan fingerprint density at radius 1 is 1.29 bits per heavy atom. The topological polar surface area (TPSA) is 76.8 Å². The molecule has 2 rings (SSSR count). The minimum atomic E-state index is -3.78. The molecule has 0 spiro atoms. The summed E-state index contributed by atoms with van der Waals surface area (Å²) < 4.78 is 35.8. The number of benzene rings is 1. The van der Waals surface area contributed by atoms with E-state index in [4.69, 9.17) is 9.15 Å². The number of hydrogen-bond acceptors (Lipinski definition) is 5. The van der Waals surface area contributed by atoms with Crippen LogP contribution in [0.3, 0.4) is 0 Å². The van der Waals surface area contributed by atoms with Gasteiger partial charge in [-0.3, -0.25) is 4.79 Å². The van der Waals surface area contributed by atoms with Gasteiger partial charge in [-0.05, 0) is 29.8 Å². The Bertz CT molecular complexity index is 735. The van der Waals surface area contributed by atoms with Gasteiger partial charge >= 0.3 is 0 Å². The quantitative estimate of drug-likeness (QED) is 0.762. The fourth-order valence-electron chi connectivity index (χ4n) is 1.80. The van der Waals surface area contributed by atoms with Gasteiger partial charge in [-0.15, -0.1) is 0 Å². The van der Waals surface area contributed by atoms with E-state index in [1.807, 2.05) is 0 Å². The molecule has 6 nitrogen and oxygen atoms in total. The van der Waals surface area contributed by atoms with Gasteiger partial charge in [0.2, 0.25) is 5.09 Å². The maximum absolute atomic E-state index is 12.3. The van der Waals surface area contributed by atoms with Gasteiger partial charge in [-0.1, -0.05) is 12.1 Å². The van der Waals surface area contributed by atoms with E-state index in [1.165, 1.54) is 19.2 Å². The molecule has 0 fully saturated rings. The number of ether oxygens (including phenoxy) is 1. The first kappa shape index (κ1) is 15.3. The number of hydrogen-bond donors (Lipinski definition) is 0. The zero-order valence-electron chi connectivity index (χ0n) is 11.6. The molecule has 0 saturated carbocycles. The molecule has 0 bridgehead atoms. The van der Waals surface area contributed by atoms with Crippen LogP contribution in [0, 0.1) is 0 Å². The molecular formula is C14H15NO5S. The van der Waals surface area contributed by atoms with E-state index in [1.54, 1.807) is 31.4 Å². The zero-order chi connectivity index (χ0) is 15.5. The molecular weight excluding hydrogens is 294 g/mol. The van der Waals surface area contributed by atoms with E-state index >= 15 is 0 Å². The summed E-state index contributed by atoms with van der Waals surface area (Å²) in [6.45, 7) is 0.163. The highest BCUT2D eigenvalue weighted by Gasteiger charge is 2.24. The van der Waals surface area contributed by atoms with Crippen LogP contribution >= 0.6 is 0 Å². The third-order valence-corrected chi connectivity index (χ3v) is 4.60. The van der Waals surface area contributed by atoms with Gasteiger partial charge in [-0.2, -0.15) is 4.31 Å². The van der Waals surface area contributed by atoms with Gasteiger partial charge in [-0.25, -0.2) is 8.42 Å². The van der Waals surface area contributed by atoms with Gasteiger partial charge in [0, 0.05) is 13.6 Å².